The molecular formula is C17H16F3N5O2. The van der Waals surface area contributed by atoms with Crippen LogP contribution in [0.25, 0.3) is 16.9 Å². The molecule has 0 aliphatic carbocycles. The number of hydrogen-bond donors (Lipinski definition) is 1. The number of carbonyl (C=O) groups excluding carboxylic acids is 1. The van der Waals surface area contributed by atoms with Gasteiger partial charge in [0.1, 0.15) is 17.4 Å². The first-order valence-electron chi connectivity index (χ1n) is 7.93. The summed E-state index contributed by atoms with van der Waals surface area (Å²) in [4.78, 5) is 20.8. The van der Waals surface area contributed by atoms with Gasteiger partial charge in [0.05, 0.1) is 24.6 Å². The number of halogens is 3. The van der Waals surface area contributed by atoms with Crippen LogP contribution in [0.3, 0.4) is 0 Å². The fourth-order valence-corrected chi connectivity index (χ4v) is 2.52. The van der Waals surface area contributed by atoms with Crippen molar-refractivity contribution in [3.8, 4) is 17.0 Å². The number of fused-ring (bicyclic) bond motifs is 1. The number of nitrogens with zero attached hydrogens (tertiary/aromatic N) is 4. The lowest BCUT2D eigenvalue weighted by atomic mass is 10.1. The van der Waals surface area contributed by atoms with E-state index in [1.807, 2.05) is 5.32 Å². The first-order chi connectivity index (χ1) is 12.7. The summed E-state index contributed by atoms with van der Waals surface area (Å²) in [5, 5.41) is 5.97. The molecule has 3 aromatic heterocycles. The van der Waals surface area contributed by atoms with Crippen LogP contribution >= 0.6 is 0 Å². The summed E-state index contributed by atoms with van der Waals surface area (Å²) in [6, 6.07) is 1.38. The van der Waals surface area contributed by atoms with E-state index in [-0.39, 0.29) is 11.2 Å². The zero-order chi connectivity index (χ0) is 19.8. The molecule has 0 spiro atoms. The number of alkyl halides is 3. The maximum absolute atomic E-state index is 12.7. The molecule has 0 saturated heterocycles. The molecule has 0 aromatic carbocycles. The maximum atomic E-state index is 12.7. The minimum Gasteiger partial charge on any atom is -0.496 e. The van der Waals surface area contributed by atoms with Gasteiger partial charge in [-0.15, -0.1) is 0 Å². The molecule has 1 unspecified atom stereocenters. The average molecular weight is 379 g/mol. The Morgan fingerprint density at radius 2 is 2.07 bits per heavy atom. The van der Waals surface area contributed by atoms with Crippen LogP contribution in [0.2, 0.25) is 0 Å². The zero-order valence-electron chi connectivity index (χ0n) is 14.7. The molecule has 0 aliphatic heterocycles. The van der Waals surface area contributed by atoms with Gasteiger partial charge in [0.15, 0.2) is 5.65 Å². The van der Waals surface area contributed by atoms with E-state index in [1.54, 1.807) is 31.5 Å². The van der Waals surface area contributed by atoms with Crippen molar-refractivity contribution in [3.63, 3.8) is 0 Å². The summed E-state index contributed by atoms with van der Waals surface area (Å²) in [7, 11) is 1.50. The van der Waals surface area contributed by atoms with E-state index in [1.165, 1.54) is 17.8 Å². The van der Waals surface area contributed by atoms with Crippen molar-refractivity contribution in [2.75, 3.05) is 7.11 Å². The Hall–Kier alpha value is -3.17. The zero-order valence-corrected chi connectivity index (χ0v) is 14.7. The van der Waals surface area contributed by atoms with Crippen molar-refractivity contribution < 1.29 is 22.7 Å². The summed E-state index contributed by atoms with van der Waals surface area (Å²) < 4.78 is 44.9. The van der Waals surface area contributed by atoms with Gasteiger partial charge in [0.2, 0.25) is 0 Å². The number of aromatic nitrogens is 4. The van der Waals surface area contributed by atoms with Crippen LogP contribution in [-0.4, -0.2) is 44.8 Å². The third-order valence-corrected chi connectivity index (χ3v) is 4.01. The Morgan fingerprint density at radius 1 is 1.33 bits per heavy atom. The number of rotatable bonds is 4. The highest BCUT2D eigenvalue weighted by Crippen LogP contribution is 2.29. The monoisotopic (exact) mass is 379 g/mol. The molecule has 142 valence electrons. The van der Waals surface area contributed by atoms with Crippen LogP contribution in [0.5, 0.6) is 5.75 Å². The SMILES string of the molecule is COc1ccncc1-c1cc(C)n2ncc(C(=O)NC(C)C(F)(F)F)c2n1. The second-order valence-electron chi connectivity index (χ2n) is 5.89. The molecule has 27 heavy (non-hydrogen) atoms. The van der Waals surface area contributed by atoms with Gasteiger partial charge < -0.3 is 10.1 Å². The van der Waals surface area contributed by atoms with E-state index in [2.05, 4.69) is 15.1 Å². The van der Waals surface area contributed by atoms with Crippen molar-refractivity contribution in [3.05, 3.63) is 42.0 Å². The average Bonchev–Trinajstić information content (AvgIpc) is 3.05. The predicted molar refractivity (Wildman–Crippen MR) is 90.5 cm³/mol. The van der Waals surface area contributed by atoms with Gasteiger partial charge in [-0.2, -0.15) is 18.3 Å². The third-order valence-electron chi connectivity index (χ3n) is 4.01. The highest BCUT2D eigenvalue weighted by atomic mass is 19.4. The van der Waals surface area contributed by atoms with Crippen LogP contribution in [0.1, 0.15) is 23.0 Å². The van der Waals surface area contributed by atoms with E-state index >= 15 is 0 Å². The fourth-order valence-electron chi connectivity index (χ4n) is 2.52. The van der Waals surface area contributed by atoms with Gasteiger partial charge >= 0.3 is 6.18 Å². The Kier molecular flexibility index (Phi) is 4.73. The quantitative estimate of drug-likeness (QED) is 0.754. The fraction of sp³-hybridized carbons (Fsp3) is 0.294. The van der Waals surface area contributed by atoms with Crippen LogP contribution in [-0.2, 0) is 0 Å². The minimum atomic E-state index is -4.55. The Balaban J connectivity index is 2.07. The maximum Gasteiger partial charge on any atom is 0.408 e. The van der Waals surface area contributed by atoms with Crippen molar-refractivity contribution in [2.45, 2.75) is 26.1 Å². The summed E-state index contributed by atoms with van der Waals surface area (Å²) >= 11 is 0. The topological polar surface area (TPSA) is 81.4 Å². The number of hydrogen-bond acceptors (Lipinski definition) is 5. The Bertz CT molecular complexity index is 1000. The van der Waals surface area contributed by atoms with Gasteiger partial charge in [-0.05, 0) is 26.0 Å². The van der Waals surface area contributed by atoms with E-state index in [9.17, 15) is 18.0 Å². The number of aryl methyl sites for hydroxylation is 1. The van der Waals surface area contributed by atoms with E-state index in [4.69, 9.17) is 4.74 Å². The lowest BCUT2D eigenvalue weighted by molar-refractivity contribution is -0.149. The standard InChI is InChI=1S/C17H16F3N5O2/c1-9-6-13(11-7-21-5-4-14(11)27-3)24-15-12(8-22-25(9)15)16(26)23-10(2)17(18,19)20/h4-8,10H,1-3H3,(H,23,26). The number of nitrogens with one attached hydrogen (secondary N) is 1. The van der Waals surface area contributed by atoms with Crippen molar-refractivity contribution >= 4 is 11.6 Å². The first kappa shape index (κ1) is 18.6. The molecular weight excluding hydrogens is 363 g/mol. The van der Waals surface area contributed by atoms with Crippen molar-refractivity contribution in [2.24, 2.45) is 0 Å². The van der Waals surface area contributed by atoms with E-state index in [0.29, 0.717) is 22.7 Å². The van der Waals surface area contributed by atoms with Gasteiger partial charge in [-0.25, -0.2) is 9.50 Å². The third kappa shape index (κ3) is 3.55. The molecule has 0 bridgehead atoms. The number of ether oxygens (including phenoxy) is 1. The summed E-state index contributed by atoms with van der Waals surface area (Å²) in [5.74, 6) is -0.380. The number of methoxy groups -OCH3 is 1. The normalized spacial score (nSPS) is 12.8. The second-order valence-corrected chi connectivity index (χ2v) is 5.89. The molecule has 0 saturated carbocycles. The molecule has 3 rings (SSSR count). The largest absolute Gasteiger partial charge is 0.496 e. The van der Waals surface area contributed by atoms with Crippen LogP contribution in [0, 0.1) is 6.92 Å². The predicted octanol–water partition coefficient (Wildman–Crippen LogP) is 2.79. The molecule has 3 aromatic rings. The molecule has 7 nitrogen and oxygen atoms in total. The second kappa shape index (κ2) is 6.86. The summed E-state index contributed by atoms with van der Waals surface area (Å²) in [5.41, 5.74) is 1.77. The van der Waals surface area contributed by atoms with Crippen molar-refractivity contribution in [1.29, 1.82) is 0 Å². The number of carbonyl (C=O) groups is 1. The first-order valence-corrected chi connectivity index (χ1v) is 7.93. The van der Waals surface area contributed by atoms with Gasteiger partial charge in [-0.1, -0.05) is 0 Å². The lowest BCUT2D eigenvalue weighted by Gasteiger charge is -2.16. The highest BCUT2D eigenvalue weighted by molar-refractivity contribution is 6.00. The molecule has 0 fully saturated rings. The van der Waals surface area contributed by atoms with Crippen molar-refractivity contribution in [1.82, 2.24) is 24.9 Å². The van der Waals surface area contributed by atoms with Gasteiger partial charge in [0.25, 0.3) is 5.91 Å². The van der Waals surface area contributed by atoms with Crippen LogP contribution in [0.15, 0.2) is 30.7 Å². The van der Waals surface area contributed by atoms with Crippen LogP contribution < -0.4 is 10.1 Å². The lowest BCUT2D eigenvalue weighted by Crippen LogP contribution is -2.43. The number of pyridine rings is 1. The van der Waals surface area contributed by atoms with Gasteiger partial charge in [-0.3, -0.25) is 9.78 Å². The number of amides is 1. The highest BCUT2D eigenvalue weighted by Gasteiger charge is 2.37. The minimum absolute atomic E-state index is 0.0566. The van der Waals surface area contributed by atoms with E-state index < -0.39 is 18.1 Å². The Labute approximate surface area is 152 Å². The molecule has 1 N–H and O–H groups in total. The molecule has 0 radical (unpaired) electrons. The summed E-state index contributed by atoms with van der Waals surface area (Å²) in [6.07, 6.45) is -0.239. The van der Waals surface area contributed by atoms with Crippen LogP contribution in [0.4, 0.5) is 13.2 Å². The molecule has 3 heterocycles. The van der Waals surface area contributed by atoms with Gasteiger partial charge in [0, 0.05) is 18.1 Å². The molecule has 10 heteroatoms. The molecule has 1 atom stereocenters. The summed E-state index contributed by atoms with van der Waals surface area (Å²) in [6.45, 7) is 2.61. The smallest absolute Gasteiger partial charge is 0.408 e. The molecule has 0 aliphatic rings. The molecule has 1 amide bonds. The van der Waals surface area contributed by atoms with E-state index in [0.717, 1.165) is 6.92 Å². The Morgan fingerprint density at radius 3 is 2.74 bits per heavy atom.